The minimum atomic E-state index is 0.671. The van der Waals surface area contributed by atoms with E-state index < -0.39 is 0 Å². The van der Waals surface area contributed by atoms with Crippen molar-refractivity contribution in [1.29, 1.82) is 0 Å². The Morgan fingerprint density at radius 1 is 1.53 bits per heavy atom. The van der Waals surface area contributed by atoms with Crippen molar-refractivity contribution in [2.24, 2.45) is 0 Å². The standard InChI is InChI=1S/C9H8BrN3S2/c1-5-2-3-6(10)4-7(5)11-8-12-13-9(14)15-8/h2-4H,1H3,(H,11,12)(H,13,14). The van der Waals surface area contributed by atoms with Crippen LogP contribution < -0.4 is 5.32 Å². The number of hydrogen-bond acceptors (Lipinski definition) is 4. The highest BCUT2D eigenvalue weighted by Gasteiger charge is 2.02. The first-order valence-corrected chi connectivity index (χ1v) is 6.25. The first-order chi connectivity index (χ1) is 7.15. The third-order valence-corrected chi connectivity index (χ3v) is 3.38. The molecule has 78 valence electrons. The number of H-pyrrole nitrogens is 1. The number of halogens is 1. The first-order valence-electron chi connectivity index (χ1n) is 4.24. The number of nitrogens with zero attached hydrogens (tertiary/aromatic N) is 1. The van der Waals surface area contributed by atoms with Crippen LogP contribution in [0.15, 0.2) is 22.7 Å². The van der Waals surface area contributed by atoms with Crippen LogP contribution in [0.1, 0.15) is 5.56 Å². The average molecular weight is 302 g/mol. The number of rotatable bonds is 2. The fraction of sp³-hybridized carbons (Fsp3) is 0.111. The molecule has 2 N–H and O–H groups in total. The zero-order chi connectivity index (χ0) is 10.8. The van der Waals surface area contributed by atoms with Crippen molar-refractivity contribution in [1.82, 2.24) is 10.2 Å². The van der Waals surface area contributed by atoms with Crippen molar-refractivity contribution in [3.05, 3.63) is 32.2 Å². The molecule has 0 bridgehead atoms. The summed E-state index contributed by atoms with van der Waals surface area (Å²) >= 11 is 9.81. The fourth-order valence-corrected chi connectivity index (χ4v) is 2.29. The normalized spacial score (nSPS) is 10.3. The van der Waals surface area contributed by atoms with Crippen molar-refractivity contribution < 1.29 is 0 Å². The van der Waals surface area contributed by atoms with Gasteiger partial charge in [0.25, 0.3) is 0 Å². The number of anilines is 2. The molecule has 3 nitrogen and oxygen atoms in total. The summed E-state index contributed by atoms with van der Waals surface area (Å²) in [5.74, 6) is 0. The molecule has 0 radical (unpaired) electrons. The third-order valence-electron chi connectivity index (χ3n) is 1.88. The van der Waals surface area contributed by atoms with Gasteiger partial charge in [-0.25, -0.2) is 0 Å². The lowest BCUT2D eigenvalue weighted by Crippen LogP contribution is -1.92. The molecule has 0 atom stereocenters. The first kappa shape index (κ1) is 10.8. The van der Waals surface area contributed by atoms with E-state index in [1.54, 1.807) is 0 Å². The molecule has 0 spiro atoms. The molecule has 1 aromatic heterocycles. The zero-order valence-corrected chi connectivity index (χ0v) is 11.1. The molecular formula is C9H8BrN3S2. The second-order valence-electron chi connectivity index (χ2n) is 3.00. The molecule has 1 heterocycles. The topological polar surface area (TPSA) is 40.7 Å². The quantitative estimate of drug-likeness (QED) is 0.823. The summed E-state index contributed by atoms with van der Waals surface area (Å²) in [6.07, 6.45) is 0. The average Bonchev–Trinajstić information content (AvgIpc) is 2.58. The number of nitrogens with one attached hydrogen (secondary N) is 2. The van der Waals surface area contributed by atoms with Crippen LogP contribution in [-0.4, -0.2) is 10.2 Å². The predicted molar refractivity (Wildman–Crippen MR) is 69.5 cm³/mol. The number of hydrogen-bond donors (Lipinski definition) is 2. The lowest BCUT2D eigenvalue weighted by Gasteiger charge is -2.06. The largest absolute Gasteiger partial charge is 0.330 e. The second kappa shape index (κ2) is 4.42. The van der Waals surface area contributed by atoms with Crippen LogP contribution >= 0.6 is 39.5 Å². The summed E-state index contributed by atoms with van der Waals surface area (Å²) in [5, 5.41) is 10.8. The van der Waals surface area contributed by atoms with E-state index in [4.69, 9.17) is 12.2 Å². The Labute approximate surface area is 105 Å². The van der Waals surface area contributed by atoms with Crippen LogP contribution in [0, 0.1) is 10.9 Å². The van der Waals surface area contributed by atoms with Gasteiger partial charge in [-0.1, -0.05) is 33.3 Å². The lowest BCUT2D eigenvalue weighted by atomic mass is 10.2. The lowest BCUT2D eigenvalue weighted by molar-refractivity contribution is 1.08. The van der Waals surface area contributed by atoms with Gasteiger partial charge in [0.2, 0.25) is 5.13 Å². The molecular weight excluding hydrogens is 294 g/mol. The van der Waals surface area contributed by atoms with E-state index in [9.17, 15) is 0 Å². The van der Waals surface area contributed by atoms with Gasteiger partial charge in [0.15, 0.2) is 3.95 Å². The minimum Gasteiger partial charge on any atom is -0.330 e. The maximum Gasteiger partial charge on any atom is 0.208 e. The monoisotopic (exact) mass is 301 g/mol. The van der Waals surface area contributed by atoms with Gasteiger partial charge in [0.1, 0.15) is 0 Å². The molecule has 1 aromatic carbocycles. The van der Waals surface area contributed by atoms with Gasteiger partial charge in [0, 0.05) is 10.2 Å². The van der Waals surface area contributed by atoms with Gasteiger partial charge in [-0.15, -0.1) is 5.10 Å². The maximum atomic E-state index is 4.96. The zero-order valence-electron chi connectivity index (χ0n) is 7.87. The highest BCUT2D eigenvalue weighted by Crippen LogP contribution is 2.25. The van der Waals surface area contributed by atoms with Gasteiger partial charge in [-0.2, -0.15) is 0 Å². The van der Waals surface area contributed by atoms with Gasteiger partial charge in [-0.3, -0.25) is 5.10 Å². The Morgan fingerprint density at radius 2 is 2.33 bits per heavy atom. The fourth-order valence-electron chi connectivity index (χ4n) is 1.13. The molecule has 0 aliphatic heterocycles. The van der Waals surface area contributed by atoms with Crippen LogP contribution in [0.3, 0.4) is 0 Å². The number of aromatic nitrogens is 2. The summed E-state index contributed by atoms with van der Waals surface area (Å²) in [4.78, 5) is 0. The molecule has 0 saturated carbocycles. The Kier molecular flexibility index (Phi) is 3.18. The number of benzene rings is 1. The van der Waals surface area contributed by atoms with Gasteiger partial charge >= 0.3 is 0 Å². The summed E-state index contributed by atoms with van der Waals surface area (Å²) in [7, 11) is 0. The van der Waals surface area contributed by atoms with E-state index in [1.807, 2.05) is 25.1 Å². The number of aromatic amines is 1. The van der Waals surface area contributed by atoms with Gasteiger partial charge in [-0.05, 0) is 36.8 Å². The molecule has 0 unspecified atom stereocenters. The Hall–Kier alpha value is -0.720. The van der Waals surface area contributed by atoms with Crippen LogP contribution in [0.5, 0.6) is 0 Å². The van der Waals surface area contributed by atoms with E-state index in [0.29, 0.717) is 3.95 Å². The van der Waals surface area contributed by atoms with Crippen molar-refractivity contribution in [3.8, 4) is 0 Å². The molecule has 0 aliphatic rings. The van der Waals surface area contributed by atoms with Crippen LogP contribution in [0.2, 0.25) is 0 Å². The number of aryl methyl sites for hydroxylation is 1. The highest BCUT2D eigenvalue weighted by atomic mass is 79.9. The highest BCUT2D eigenvalue weighted by molar-refractivity contribution is 9.10. The summed E-state index contributed by atoms with van der Waals surface area (Å²) in [6.45, 7) is 2.04. The van der Waals surface area contributed by atoms with Crippen LogP contribution in [0.4, 0.5) is 10.8 Å². The molecule has 2 rings (SSSR count). The molecule has 15 heavy (non-hydrogen) atoms. The molecule has 0 amide bonds. The summed E-state index contributed by atoms with van der Waals surface area (Å²) in [6, 6.07) is 6.06. The van der Waals surface area contributed by atoms with Gasteiger partial charge < -0.3 is 5.32 Å². The third kappa shape index (κ3) is 2.64. The maximum absolute atomic E-state index is 4.96. The van der Waals surface area contributed by atoms with Gasteiger partial charge in [0.05, 0.1) is 0 Å². The molecule has 0 fully saturated rings. The van der Waals surface area contributed by atoms with E-state index in [2.05, 4.69) is 31.4 Å². The van der Waals surface area contributed by atoms with Crippen LogP contribution in [0.25, 0.3) is 0 Å². The second-order valence-corrected chi connectivity index (χ2v) is 5.58. The Balaban J connectivity index is 2.31. The summed E-state index contributed by atoms with van der Waals surface area (Å²) < 4.78 is 1.71. The predicted octanol–water partition coefficient (Wildman–Crippen LogP) is 4.02. The summed E-state index contributed by atoms with van der Waals surface area (Å²) in [5.41, 5.74) is 2.20. The SMILES string of the molecule is Cc1ccc(Br)cc1Nc1n[nH]c(=S)s1. The van der Waals surface area contributed by atoms with Crippen LogP contribution in [-0.2, 0) is 0 Å². The molecule has 0 aliphatic carbocycles. The molecule has 0 saturated heterocycles. The van der Waals surface area contributed by atoms with Crippen molar-refractivity contribution in [2.75, 3.05) is 5.32 Å². The van der Waals surface area contributed by atoms with Crippen molar-refractivity contribution >= 4 is 50.3 Å². The van der Waals surface area contributed by atoms with E-state index in [0.717, 1.165) is 15.3 Å². The van der Waals surface area contributed by atoms with Crippen molar-refractivity contribution in [3.63, 3.8) is 0 Å². The molecule has 2 aromatic rings. The van der Waals surface area contributed by atoms with E-state index in [-0.39, 0.29) is 0 Å². The molecule has 6 heteroatoms. The van der Waals surface area contributed by atoms with E-state index >= 15 is 0 Å². The minimum absolute atomic E-state index is 0.671. The van der Waals surface area contributed by atoms with Crippen molar-refractivity contribution in [2.45, 2.75) is 6.92 Å². The Bertz CT molecular complexity index is 532. The van der Waals surface area contributed by atoms with E-state index in [1.165, 1.54) is 16.9 Å². The smallest absolute Gasteiger partial charge is 0.208 e. The Morgan fingerprint density at radius 3 is 3.00 bits per heavy atom.